The monoisotopic (exact) mass is 278 g/mol. The molecule has 0 bridgehead atoms. The number of hydrogen-bond donors (Lipinski definition) is 0. The summed E-state index contributed by atoms with van der Waals surface area (Å²) in [5, 5.41) is 9.00. The maximum absolute atomic E-state index is 9.00. The van der Waals surface area contributed by atoms with Crippen LogP contribution in [0.1, 0.15) is 11.4 Å². The van der Waals surface area contributed by atoms with E-state index in [2.05, 4.69) is 16.0 Å². The Morgan fingerprint density at radius 3 is 2.90 bits per heavy atom. The number of nitrogens with zero attached hydrogens (tertiary/aromatic N) is 4. The van der Waals surface area contributed by atoms with Gasteiger partial charge in [-0.3, -0.25) is 0 Å². The van der Waals surface area contributed by atoms with Crippen molar-refractivity contribution in [1.82, 2.24) is 14.5 Å². The molecule has 0 aliphatic heterocycles. The van der Waals surface area contributed by atoms with Crippen LogP contribution in [0.15, 0.2) is 42.6 Å². The van der Waals surface area contributed by atoms with Crippen molar-refractivity contribution in [2.24, 2.45) is 0 Å². The molecule has 0 fully saturated rings. The van der Waals surface area contributed by atoms with Gasteiger partial charge in [0.15, 0.2) is 0 Å². The average molecular weight is 278 g/mol. The number of nitriles is 1. The van der Waals surface area contributed by atoms with E-state index in [4.69, 9.17) is 10.00 Å². The summed E-state index contributed by atoms with van der Waals surface area (Å²) in [4.78, 5) is 8.75. The lowest BCUT2D eigenvalue weighted by molar-refractivity contribution is 0.391. The third-order valence-electron chi connectivity index (χ3n) is 3.34. The van der Waals surface area contributed by atoms with Gasteiger partial charge in [-0.1, -0.05) is 18.2 Å². The highest BCUT2D eigenvalue weighted by atomic mass is 16.5. The lowest BCUT2D eigenvalue weighted by atomic mass is 10.2. The number of rotatable bonds is 4. The first-order valence-corrected chi connectivity index (χ1v) is 6.62. The Morgan fingerprint density at radius 1 is 1.24 bits per heavy atom. The van der Waals surface area contributed by atoms with Crippen LogP contribution in [0, 0.1) is 11.3 Å². The van der Waals surface area contributed by atoms with Crippen LogP contribution in [0.2, 0.25) is 0 Å². The van der Waals surface area contributed by atoms with Crippen LogP contribution in [0.4, 0.5) is 0 Å². The van der Waals surface area contributed by atoms with Gasteiger partial charge in [-0.25, -0.2) is 9.97 Å². The summed E-state index contributed by atoms with van der Waals surface area (Å²) >= 11 is 0. The second kappa shape index (κ2) is 5.63. The summed E-state index contributed by atoms with van der Waals surface area (Å²) in [6, 6.07) is 13.9. The van der Waals surface area contributed by atoms with E-state index in [-0.39, 0.29) is 6.42 Å². The Hall–Kier alpha value is -2.87. The van der Waals surface area contributed by atoms with E-state index in [9.17, 15) is 0 Å². The molecule has 0 aliphatic carbocycles. The molecule has 3 aromatic rings. The van der Waals surface area contributed by atoms with Crippen molar-refractivity contribution >= 4 is 11.0 Å². The predicted molar refractivity (Wildman–Crippen MR) is 78.9 cm³/mol. The average Bonchev–Trinajstić information content (AvgIpc) is 2.86. The molecule has 104 valence electrons. The minimum Gasteiger partial charge on any atom is -0.481 e. The fourth-order valence-electron chi connectivity index (χ4n) is 2.41. The standard InChI is InChI=1S/C16H14N4O/c1-21-16-12(5-4-10-18-16)11-20-14-7-3-2-6-13(14)19-15(20)8-9-17/h2-7,10H,8,11H2,1H3. The zero-order chi connectivity index (χ0) is 14.7. The van der Waals surface area contributed by atoms with Crippen LogP contribution in [-0.4, -0.2) is 21.6 Å². The number of benzene rings is 1. The minimum absolute atomic E-state index is 0.275. The second-order valence-corrected chi connectivity index (χ2v) is 4.61. The lowest BCUT2D eigenvalue weighted by Crippen LogP contribution is -2.06. The number of para-hydroxylation sites is 2. The maximum atomic E-state index is 9.00. The van der Waals surface area contributed by atoms with Crippen molar-refractivity contribution in [2.45, 2.75) is 13.0 Å². The van der Waals surface area contributed by atoms with E-state index in [1.165, 1.54) is 0 Å². The third-order valence-corrected chi connectivity index (χ3v) is 3.34. The summed E-state index contributed by atoms with van der Waals surface area (Å²) < 4.78 is 7.34. The van der Waals surface area contributed by atoms with Crippen LogP contribution in [0.25, 0.3) is 11.0 Å². The molecular weight excluding hydrogens is 264 g/mol. The Morgan fingerprint density at radius 2 is 2.10 bits per heavy atom. The molecule has 0 aliphatic rings. The molecule has 1 aromatic carbocycles. The number of pyridine rings is 1. The molecule has 2 heterocycles. The number of imidazole rings is 1. The molecule has 0 saturated carbocycles. The molecule has 0 spiro atoms. The first-order chi connectivity index (χ1) is 10.3. The number of hydrogen-bond acceptors (Lipinski definition) is 4. The molecule has 0 N–H and O–H groups in total. The van der Waals surface area contributed by atoms with Gasteiger partial charge >= 0.3 is 0 Å². The fraction of sp³-hybridized carbons (Fsp3) is 0.188. The molecule has 0 atom stereocenters. The van der Waals surface area contributed by atoms with Crippen LogP contribution < -0.4 is 4.74 Å². The van der Waals surface area contributed by atoms with Gasteiger partial charge in [-0.05, 0) is 18.2 Å². The number of aromatic nitrogens is 3. The zero-order valence-corrected chi connectivity index (χ0v) is 11.7. The second-order valence-electron chi connectivity index (χ2n) is 4.61. The molecule has 5 heteroatoms. The third kappa shape index (κ3) is 2.43. The van der Waals surface area contributed by atoms with Crippen LogP contribution in [-0.2, 0) is 13.0 Å². The summed E-state index contributed by atoms with van der Waals surface area (Å²) in [7, 11) is 1.61. The summed E-state index contributed by atoms with van der Waals surface area (Å²) in [6.45, 7) is 0.578. The van der Waals surface area contributed by atoms with Crippen LogP contribution >= 0.6 is 0 Å². The van der Waals surface area contributed by atoms with Gasteiger partial charge in [0.25, 0.3) is 0 Å². The highest BCUT2D eigenvalue weighted by Gasteiger charge is 2.12. The lowest BCUT2D eigenvalue weighted by Gasteiger charge is -2.10. The van der Waals surface area contributed by atoms with Crippen molar-refractivity contribution in [1.29, 1.82) is 5.26 Å². The molecule has 0 amide bonds. The summed E-state index contributed by atoms with van der Waals surface area (Å²) in [6.07, 6.45) is 1.97. The van der Waals surface area contributed by atoms with Gasteiger partial charge in [0, 0.05) is 11.8 Å². The molecule has 21 heavy (non-hydrogen) atoms. The minimum atomic E-state index is 0.275. The quantitative estimate of drug-likeness (QED) is 0.735. The molecule has 0 saturated heterocycles. The van der Waals surface area contributed by atoms with E-state index in [0.29, 0.717) is 12.4 Å². The SMILES string of the molecule is COc1ncccc1Cn1c(CC#N)nc2ccccc21. The topological polar surface area (TPSA) is 63.7 Å². The van der Waals surface area contributed by atoms with Gasteiger partial charge in [-0.2, -0.15) is 5.26 Å². The summed E-state index contributed by atoms with van der Waals surface area (Å²) in [5.41, 5.74) is 2.86. The maximum Gasteiger partial charge on any atom is 0.218 e. The van der Waals surface area contributed by atoms with Gasteiger partial charge in [0.1, 0.15) is 5.82 Å². The van der Waals surface area contributed by atoms with E-state index in [1.54, 1.807) is 13.3 Å². The van der Waals surface area contributed by atoms with Crippen molar-refractivity contribution in [2.75, 3.05) is 7.11 Å². The highest BCUT2D eigenvalue weighted by Crippen LogP contribution is 2.21. The largest absolute Gasteiger partial charge is 0.481 e. The van der Waals surface area contributed by atoms with Gasteiger partial charge in [0.05, 0.1) is 37.2 Å². The van der Waals surface area contributed by atoms with E-state index < -0.39 is 0 Å². The van der Waals surface area contributed by atoms with E-state index in [0.717, 1.165) is 22.4 Å². The van der Waals surface area contributed by atoms with Crippen molar-refractivity contribution in [3.63, 3.8) is 0 Å². The molecule has 0 radical (unpaired) electrons. The van der Waals surface area contributed by atoms with Crippen molar-refractivity contribution in [3.05, 3.63) is 54.0 Å². The van der Waals surface area contributed by atoms with Crippen molar-refractivity contribution in [3.8, 4) is 11.9 Å². The molecule has 3 rings (SSSR count). The van der Waals surface area contributed by atoms with Crippen LogP contribution in [0.3, 0.4) is 0 Å². The predicted octanol–water partition coefficient (Wildman–Crippen LogP) is 2.55. The van der Waals surface area contributed by atoms with Crippen molar-refractivity contribution < 1.29 is 4.74 Å². The normalized spacial score (nSPS) is 10.5. The Labute approximate surface area is 122 Å². The number of methoxy groups -OCH3 is 1. The van der Waals surface area contributed by atoms with E-state index in [1.807, 2.05) is 41.0 Å². The Balaban J connectivity index is 2.11. The molecular formula is C16H14N4O. The molecule has 2 aromatic heterocycles. The first-order valence-electron chi connectivity index (χ1n) is 6.62. The number of fused-ring (bicyclic) bond motifs is 1. The zero-order valence-electron chi connectivity index (χ0n) is 11.7. The first kappa shape index (κ1) is 13.1. The van der Waals surface area contributed by atoms with Gasteiger partial charge in [-0.15, -0.1) is 0 Å². The molecule has 0 unspecified atom stereocenters. The molecule has 5 nitrogen and oxygen atoms in total. The van der Waals surface area contributed by atoms with Gasteiger partial charge in [0.2, 0.25) is 5.88 Å². The van der Waals surface area contributed by atoms with Crippen LogP contribution in [0.5, 0.6) is 5.88 Å². The summed E-state index contributed by atoms with van der Waals surface area (Å²) in [5.74, 6) is 1.35. The smallest absolute Gasteiger partial charge is 0.218 e. The Bertz CT molecular complexity index is 817. The van der Waals surface area contributed by atoms with E-state index >= 15 is 0 Å². The Kier molecular flexibility index (Phi) is 3.52. The number of ether oxygens (including phenoxy) is 1. The van der Waals surface area contributed by atoms with Gasteiger partial charge < -0.3 is 9.30 Å². The fourth-order valence-corrected chi connectivity index (χ4v) is 2.41. The highest BCUT2D eigenvalue weighted by molar-refractivity contribution is 5.76.